The molecular formula is C13H11F3N2O. The minimum atomic E-state index is -4.46. The molecule has 0 fully saturated rings. The highest BCUT2D eigenvalue weighted by atomic mass is 19.4. The van der Waals surface area contributed by atoms with Gasteiger partial charge in [-0.3, -0.25) is 4.98 Å². The minimum Gasteiger partial charge on any atom is -0.457 e. The molecule has 0 aliphatic carbocycles. The molecule has 19 heavy (non-hydrogen) atoms. The number of para-hydroxylation sites is 1. The van der Waals surface area contributed by atoms with E-state index < -0.39 is 11.7 Å². The summed E-state index contributed by atoms with van der Waals surface area (Å²) >= 11 is 0. The first-order chi connectivity index (χ1) is 9.00. The Balaban J connectivity index is 2.33. The van der Waals surface area contributed by atoms with Gasteiger partial charge in [0.2, 0.25) is 0 Å². The van der Waals surface area contributed by atoms with Crippen LogP contribution in [0.25, 0.3) is 0 Å². The number of ether oxygens (including phenoxy) is 1. The fourth-order valence-electron chi connectivity index (χ4n) is 1.55. The molecule has 1 heterocycles. The Morgan fingerprint density at radius 1 is 1.16 bits per heavy atom. The monoisotopic (exact) mass is 268 g/mol. The van der Waals surface area contributed by atoms with Crippen molar-refractivity contribution in [1.82, 2.24) is 4.98 Å². The first-order valence-corrected chi connectivity index (χ1v) is 5.50. The second-order valence-electron chi connectivity index (χ2n) is 3.78. The molecule has 0 radical (unpaired) electrons. The maximum atomic E-state index is 12.8. The van der Waals surface area contributed by atoms with E-state index in [0.29, 0.717) is 5.69 Å². The van der Waals surface area contributed by atoms with Gasteiger partial charge in [-0.2, -0.15) is 13.2 Å². The van der Waals surface area contributed by atoms with Crippen molar-refractivity contribution in [2.45, 2.75) is 12.7 Å². The Kier molecular flexibility index (Phi) is 3.71. The molecule has 2 aromatic rings. The van der Waals surface area contributed by atoms with Crippen LogP contribution in [0.15, 0.2) is 42.6 Å². The Morgan fingerprint density at radius 3 is 2.58 bits per heavy atom. The van der Waals surface area contributed by atoms with E-state index in [2.05, 4.69) is 4.98 Å². The fraction of sp³-hybridized carbons (Fsp3) is 0.154. The molecule has 2 N–H and O–H groups in total. The van der Waals surface area contributed by atoms with E-state index >= 15 is 0 Å². The van der Waals surface area contributed by atoms with Crippen molar-refractivity contribution in [3.8, 4) is 11.5 Å². The minimum absolute atomic E-state index is 0.193. The number of rotatable bonds is 3. The van der Waals surface area contributed by atoms with Crippen LogP contribution in [0.5, 0.6) is 11.5 Å². The number of nitrogens with two attached hydrogens (primary N) is 1. The van der Waals surface area contributed by atoms with Crippen molar-refractivity contribution in [3.05, 3.63) is 53.9 Å². The Morgan fingerprint density at radius 2 is 1.89 bits per heavy atom. The third kappa shape index (κ3) is 3.23. The van der Waals surface area contributed by atoms with Crippen LogP contribution >= 0.6 is 0 Å². The lowest BCUT2D eigenvalue weighted by atomic mass is 10.2. The van der Waals surface area contributed by atoms with E-state index in [1.165, 1.54) is 36.5 Å². The normalized spacial score (nSPS) is 11.4. The highest BCUT2D eigenvalue weighted by Gasteiger charge is 2.34. The molecule has 0 unspecified atom stereocenters. The quantitative estimate of drug-likeness (QED) is 0.928. The van der Waals surface area contributed by atoms with Crippen LogP contribution < -0.4 is 10.5 Å². The van der Waals surface area contributed by atoms with Crippen molar-refractivity contribution in [1.29, 1.82) is 0 Å². The second-order valence-corrected chi connectivity index (χ2v) is 3.78. The van der Waals surface area contributed by atoms with Crippen LogP contribution in [0.4, 0.5) is 13.2 Å². The van der Waals surface area contributed by atoms with Crippen molar-refractivity contribution in [2.24, 2.45) is 5.73 Å². The average molecular weight is 268 g/mol. The molecule has 0 bridgehead atoms. The van der Waals surface area contributed by atoms with E-state index in [-0.39, 0.29) is 18.0 Å². The van der Waals surface area contributed by atoms with Crippen LogP contribution in [-0.4, -0.2) is 4.98 Å². The number of pyridine rings is 1. The second kappa shape index (κ2) is 5.27. The fourth-order valence-corrected chi connectivity index (χ4v) is 1.55. The van der Waals surface area contributed by atoms with Crippen LogP contribution in [0, 0.1) is 0 Å². The zero-order valence-corrected chi connectivity index (χ0v) is 9.82. The van der Waals surface area contributed by atoms with E-state index in [0.717, 1.165) is 6.07 Å². The largest absolute Gasteiger partial charge is 0.457 e. The summed E-state index contributed by atoms with van der Waals surface area (Å²) in [5.74, 6) is 0.0244. The standard InChI is InChI=1S/C13H11F3N2O/c14-13(15,16)11-3-1-2-4-12(11)19-10-5-6-18-9(7-10)8-17/h1-7H,8,17H2. The van der Waals surface area contributed by atoms with E-state index in [1.807, 2.05) is 0 Å². The highest BCUT2D eigenvalue weighted by molar-refractivity contribution is 5.39. The predicted molar refractivity (Wildman–Crippen MR) is 63.6 cm³/mol. The number of alkyl halides is 3. The van der Waals surface area contributed by atoms with E-state index in [4.69, 9.17) is 10.5 Å². The number of hydrogen-bond donors (Lipinski definition) is 1. The molecule has 100 valence electrons. The molecule has 0 saturated carbocycles. The van der Waals surface area contributed by atoms with Gasteiger partial charge in [-0.1, -0.05) is 12.1 Å². The number of halogens is 3. The third-order valence-electron chi connectivity index (χ3n) is 2.42. The Bertz CT molecular complexity index is 570. The topological polar surface area (TPSA) is 48.1 Å². The molecule has 6 heteroatoms. The molecule has 2 rings (SSSR count). The summed E-state index contributed by atoms with van der Waals surface area (Å²) in [6, 6.07) is 8.02. The molecule has 3 nitrogen and oxygen atoms in total. The van der Waals surface area contributed by atoms with Crippen LogP contribution in [0.2, 0.25) is 0 Å². The SMILES string of the molecule is NCc1cc(Oc2ccccc2C(F)(F)F)ccn1. The van der Waals surface area contributed by atoms with Crippen LogP contribution in [0.3, 0.4) is 0 Å². The highest BCUT2D eigenvalue weighted by Crippen LogP contribution is 2.37. The third-order valence-corrected chi connectivity index (χ3v) is 2.42. The number of benzene rings is 1. The van der Waals surface area contributed by atoms with Gasteiger partial charge in [-0.25, -0.2) is 0 Å². The summed E-state index contributed by atoms with van der Waals surface area (Å²) in [6.07, 6.45) is -3.02. The molecule has 0 spiro atoms. The summed E-state index contributed by atoms with van der Waals surface area (Å²) in [6.45, 7) is 0.193. The average Bonchev–Trinajstić information content (AvgIpc) is 2.38. The van der Waals surface area contributed by atoms with Gasteiger partial charge in [0.15, 0.2) is 0 Å². The number of aromatic nitrogens is 1. The molecule has 1 aromatic heterocycles. The number of nitrogens with zero attached hydrogens (tertiary/aromatic N) is 1. The zero-order chi connectivity index (χ0) is 13.9. The van der Waals surface area contributed by atoms with Gasteiger partial charge in [0.05, 0.1) is 11.3 Å². The van der Waals surface area contributed by atoms with Crippen LogP contribution in [0.1, 0.15) is 11.3 Å². The summed E-state index contributed by atoms with van der Waals surface area (Å²) in [5.41, 5.74) is 5.14. The summed E-state index contributed by atoms with van der Waals surface area (Å²) in [4.78, 5) is 3.94. The Labute approximate surface area is 107 Å². The first kappa shape index (κ1) is 13.4. The number of hydrogen-bond acceptors (Lipinski definition) is 3. The van der Waals surface area contributed by atoms with Crippen molar-refractivity contribution >= 4 is 0 Å². The van der Waals surface area contributed by atoms with Gasteiger partial charge in [0.25, 0.3) is 0 Å². The Hall–Kier alpha value is -2.08. The van der Waals surface area contributed by atoms with Gasteiger partial charge >= 0.3 is 6.18 Å². The summed E-state index contributed by atoms with van der Waals surface area (Å²) in [5, 5.41) is 0. The van der Waals surface area contributed by atoms with E-state index in [9.17, 15) is 13.2 Å². The van der Waals surface area contributed by atoms with Gasteiger partial charge in [0.1, 0.15) is 11.5 Å². The maximum absolute atomic E-state index is 12.8. The molecular weight excluding hydrogens is 257 g/mol. The smallest absolute Gasteiger partial charge is 0.419 e. The maximum Gasteiger partial charge on any atom is 0.419 e. The molecule has 0 atom stereocenters. The van der Waals surface area contributed by atoms with E-state index in [1.54, 1.807) is 0 Å². The summed E-state index contributed by atoms with van der Waals surface area (Å²) in [7, 11) is 0. The van der Waals surface area contributed by atoms with Crippen molar-refractivity contribution < 1.29 is 17.9 Å². The van der Waals surface area contributed by atoms with Crippen LogP contribution in [-0.2, 0) is 12.7 Å². The van der Waals surface area contributed by atoms with Crippen molar-refractivity contribution in [3.63, 3.8) is 0 Å². The molecule has 0 saturated heterocycles. The molecule has 0 aliphatic rings. The molecule has 1 aromatic carbocycles. The summed E-state index contributed by atoms with van der Waals surface area (Å²) < 4.78 is 43.6. The predicted octanol–water partition coefficient (Wildman–Crippen LogP) is 3.35. The molecule has 0 amide bonds. The molecule has 0 aliphatic heterocycles. The lowest BCUT2D eigenvalue weighted by molar-refractivity contribution is -0.138. The van der Waals surface area contributed by atoms with Gasteiger partial charge in [-0.15, -0.1) is 0 Å². The van der Waals surface area contributed by atoms with Gasteiger partial charge < -0.3 is 10.5 Å². The zero-order valence-electron chi connectivity index (χ0n) is 9.82. The lowest BCUT2D eigenvalue weighted by Gasteiger charge is -2.13. The van der Waals surface area contributed by atoms with Gasteiger partial charge in [-0.05, 0) is 18.2 Å². The lowest BCUT2D eigenvalue weighted by Crippen LogP contribution is -2.07. The van der Waals surface area contributed by atoms with Crippen molar-refractivity contribution in [2.75, 3.05) is 0 Å². The first-order valence-electron chi connectivity index (χ1n) is 5.50. The van der Waals surface area contributed by atoms with Gasteiger partial charge in [0, 0.05) is 18.8 Å².